The molecule has 0 fully saturated rings. The maximum absolute atomic E-state index is 6.29. The first-order valence-electron chi connectivity index (χ1n) is 5.64. The minimum Gasteiger partial charge on any atom is -0.222 e. The van der Waals surface area contributed by atoms with Crippen molar-refractivity contribution in [1.82, 2.24) is 9.97 Å². The lowest BCUT2D eigenvalue weighted by Crippen LogP contribution is -1.97. The summed E-state index contributed by atoms with van der Waals surface area (Å²) in [6.07, 6.45) is 3.57. The number of fused-ring (bicyclic) bond motifs is 3. The number of hydrogen-bond donors (Lipinski definition) is 0. The molecule has 0 radical (unpaired) electrons. The van der Waals surface area contributed by atoms with Crippen LogP contribution in [-0.4, -0.2) is 9.97 Å². The number of hydrogen-bond acceptors (Lipinski definition) is 3. The van der Waals surface area contributed by atoms with Crippen LogP contribution >= 0.6 is 22.9 Å². The van der Waals surface area contributed by atoms with Gasteiger partial charge in [-0.3, -0.25) is 0 Å². The normalized spacial score (nSPS) is 15.0. The van der Waals surface area contributed by atoms with Gasteiger partial charge < -0.3 is 0 Å². The number of aromatic nitrogens is 2. The molecule has 2 heterocycles. The van der Waals surface area contributed by atoms with Crippen LogP contribution in [0.25, 0.3) is 10.2 Å². The number of halogens is 1. The summed E-state index contributed by atoms with van der Waals surface area (Å²) in [7, 11) is 0. The van der Waals surface area contributed by atoms with Gasteiger partial charge in [0.1, 0.15) is 15.8 Å². The van der Waals surface area contributed by atoms with Crippen LogP contribution in [0.3, 0.4) is 0 Å². The SMILES string of the molecule is CC(C)c1nc(Cl)c2c3c(sc2n1)CCC3. The molecule has 0 amide bonds. The highest BCUT2D eigenvalue weighted by atomic mass is 35.5. The quantitative estimate of drug-likeness (QED) is 0.718. The summed E-state index contributed by atoms with van der Waals surface area (Å²) in [5.74, 6) is 1.19. The van der Waals surface area contributed by atoms with Crippen LogP contribution in [-0.2, 0) is 12.8 Å². The molecular formula is C12H13ClN2S. The van der Waals surface area contributed by atoms with Gasteiger partial charge in [-0.25, -0.2) is 9.97 Å². The predicted octanol–water partition coefficient (Wildman–Crippen LogP) is 3.96. The largest absolute Gasteiger partial charge is 0.222 e. The van der Waals surface area contributed by atoms with Crippen molar-refractivity contribution in [2.45, 2.75) is 39.0 Å². The lowest BCUT2D eigenvalue weighted by atomic mass is 10.2. The minimum absolute atomic E-state index is 0.332. The zero-order valence-electron chi connectivity index (χ0n) is 9.38. The van der Waals surface area contributed by atoms with E-state index in [4.69, 9.17) is 11.6 Å². The van der Waals surface area contributed by atoms with Crippen LogP contribution in [0.4, 0.5) is 0 Å². The van der Waals surface area contributed by atoms with Crippen molar-refractivity contribution in [2.75, 3.05) is 0 Å². The summed E-state index contributed by atoms with van der Waals surface area (Å²) >= 11 is 8.08. The highest BCUT2D eigenvalue weighted by Gasteiger charge is 2.21. The van der Waals surface area contributed by atoms with Crippen LogP contribution in [0.5, 0.6) is 0 Å². The molecule has 3 rings (SSSR count). The number of rotatable bonds is 1. The maximum atomic E-state index is 6.29. The monoisotopic (exact) mass is 252 g/mol. The molecule has 4 heteroatoms. The summed E-state index contributed by atoms with van der Waals surface area (Å²) in [6.45, 7) is 4.19. The van der Waals surface area contributed by atoms with Gasteiger partial charge in [-0.15, -0.1) is 11.3 Å². The Morgan fingerprint density at radius 1 is 1.25 bits per heavy atom. The zero-order chi connectivity index (χ0) is 11.3. The smallest absolute Gasteiger partial charge is 0.141 e. The summed E-state index contributed by atoms with van der Waals surface area (Å²) in [5.41, 5.74) is 1.40. The summed E-state index contributed by atoms with van der Waals surface area (Å²) in [6, 6.07) is 0. The van der Waals surface area contributed by atoms with Gasteiger partial charge in [-0.05, 0) is 24.8 Å². The van der Waals surface area contributed by atoms with Crippen LogP contribution in [0.1, 0.15) is 42.5 Å². The summed E-state index contributed by atoms with van der Waals surface area (Å²) in [4.78, 5) is 11.6. The Hall–Kier alpha value is -0.670. The Labute approximate surface area is 104 Å². The molecule has 0 aromatic carbocycles. The van der Waals surface area contributed by atoms with Crippen molar-refractivity contribution in [3.05, 3.63) is 21.4 Å². The molecule has 16 heavy (non-hydrogen) atoms. The van der Waals surface area contributed by atoms with Crippen LogP contribution in [0.15, 0.2) is 0 Å². The maximum Gasteiger partial charge on any atom is 0.141 e. The Morgan fingerprint density at radius 2 is 2.06 bits per heavy atom. The minimum atomic E-state index is 0.332. The van der Waals surface area contributed by atoms with Gasteiger partial charge in [-0.2, -0.15) is 0 Å². The molecule has 0 saturated heterocycles. The van der Waals surface area contributed by atoms with E-state index in [1.807, 2.05) is 0 Å². The first kappa shape index (κ1) is 10.5. The fraction of sp³-hybridized carbons (Fsp3) is 0.500. The standard InChI is InChI=1S/C12H13ClN2S/c1-6(2)11-14-10(13)9-7-4-3-5-8(7)16-12(9)15-11/h6H,3-5H2,1-2H3. The van der Waals surface area contributed by atoms with Gasteiger partial charge >= 0.3 is 0 Å². The summed E-state index contributed by atoms with van der Waals surface area (Å²) in [5, 5.41) is 1.76. The van der Waals surface area contributed by atoms with E-state index in [2.05, 4.69) is 23.8 Å². The Morgan fingerprint density at radius 3 is 2.81 bits per heavy atom. The van der Waals surface area contributed by atoms with Crippen molar-refractivity contribution in [1.29, 1.82) is 0 Å². The highest BCUT2D eigenvalue weighted by molar-refractivity contribution is 7.19. The van der Waals surface area contributed by atoms with E-state index >= 15 is 0 Å². The number of aryl methyl sites for hydroxylation is 2. The van der Waals surface area contributed by atoms with Crippen LogP contribution < -0.4 is 0 Å². The molecule has 0 bridgehead atoms. The first-order chi connectivity index (χ1) is 7.66. The van der Waals surface area contributed by atoms with Crippen LogP contribution in [0.2, 0.25) is 5.15 Å². The third kappa shape index (κ3) is 1.45. The molecule has 0 aliphatic heterocycles. The third-order valence-electron chi connectivity index (χ3n) is 3.05. The molecule has 0 spiro atoms. The summed E-state index contributed by atoms with van der Waals surface area (Å²) < 4.78 is 0. The second-order valence-electron chi connectivity index (χ2n) is 4.56. The molecule has 0 saturated carbocycles. The van der Waals surface area contributed by atoms with E-state index in [0.717, 1.165) is 22.5 Å². The number of nitrogens with zero attached hydrogens (tertiary/aromatic N) is 2. The molecule has 1 aliphatic carbocycles. The number of thiophene rings is 1. The van der Waals surface area contributed by atoms with Gasteiger partial charge in [0.2, 0.25) is 0 Å². The molecule has 0 atom stereocenters. The van der Waals surface area contributed by atoms with Gasteiger partial charge in [0.15, 0.2) is 0 Å². The topological polar surface area (TPSA) is 25.8 Å². The second kappa shape index (κ2) is 3.67. The zero-order valence-corrected chi connectivity index (χ0v) is 11.0. The molecule has 2 nitrogen and oxygen atoms in total. The van der Waals surface area contributed by atoms with E-state index in [1.54, 1.807) is 11.3 Å². The van der Waals surface area contributed by atoms with Crippen LogP contribution in [0, 0.1) is 0 Å². The highest BCUT2D eigenvalue weighted by Crippen LogP contribution is 2.39. The van der Waals surface area contributed by atoms with E-state index in [-0.39, 0.29) is 0 Å². The first-order valence-corrected chi connectivity index (χ1v) is 6.84. The van der Waals surface area contributed by atoms with E-state index in [1.165, 1.54) is 23.3 Å². The molecule has 0 N–H and O–H groups in total. The van der Waals surface area contributed by atoms with E-state index in [9.17, 15) is 0 Å². The van der Waals surface area contributed by atoms with Crippen molar-refractivity contribution >= 4 is 33.2 Å². The fourth-order valence-electron chi connectivity index (χ4n) is 2.23. The second-order valence-corrected chi connectivity index (χ2v) is 6.01. The Balaban J connectivity index is 2.30. The predicted molar refractivity (Wildman–Crippen MR) is 68.5 cm³/mol. The Kier molecular flexibility index (Phi) is 2.41. The fourth-order valence-corrected chi connectivity index (χ4v) is 3.84. The molecule has 1 aliphatic rings. The molecule has 0 unspecified atom stereocenters. The molecular weight excluding hydrogens is 240 g/mol. The van der Waals surface area contributed by atoms with Crippen molar-refractivity contribution in [3.8, 4) is 0 Å². The van der Waals surface area contributed by atoms with Crippen molar-refractivity contribution in [3.63, 3.8) is 0 Å². The van der Waals surface area contributed by atoms with E-state index < -0.39 is 0 Å². The van der Waals surface area contributed by atoms with Gasteiger partial charge in [-0.1, -0.05) is 25.4 Å². The van der Waals surface area contributed by atoms with Gasteiger partial charge in [0.05, 0.1) is 5.39 Å². The third-order valence-corrected chi connectivity index (χ3v) is 4.51. The van der Waals surface area contributed by atoms with Gasteiger partial charge in [0, 0.05) is 10.8 Å². The lowest BCUT2D eigenvalue weighted by molar-refractivity contribution is 0.784. The van der Waals surface area contributed by atoms with Crippen molar-refractivity contribution < 1.29 is 0 Å². The molecule has 84 valence electrons. The molecule has 2 aromatic heterocycles. The van der Waals surface area contributed by atoms with Crippen molar-refractivity contribution in [2.24, 2.45) is 0 Å². The lowest BCUT2D eigenvalue weighted by Gasteiger charge is -2.04. The van der Waals surface area contributed by atoms with E-state index in [0.29, 0.717) is 11.1 Å². The average Bonchev–Trinajstić information content (AvgIpc) is 2.75. The Bertz CT molecular complexity index is 560. The average molecular weight is 253 g/mol. The van der Waals surface area contributed by atoms with Gasteiger partial charge in [0.25, 0.3) is 0 Å². The molecule has 2 aromatic rings.